The van der Waals surface area contributed by atoms with Crippen molar-refractivity contribution in [3.05, 3.63) is 63.7 Å². The summed E-state index contributed by atoms with van der Waals surface area (Å²) in [4.78, 5) is 26.6. The summed E-state index contributed by atoms with van der Waals surface area (Å²) in [6.45, 7) is 1.93. The van der Waals surface area contributed by atoms with Crippen molar-refractivity contribution in [2.45, 2.75) is 35.3 Å². The molecule has 2 aliphatic rings. The highest BCUT2D eigenvalue weighted by Crippen LogP contribution is 2.37. The molecule has 1 aromatic carbocycles. The number of amides is 2. The minimum Gasteiger partial charge on any atom is -0.381 e. The predicted octanol–water partition coefficient (Wildman–Crippen LogP) is 3.75. The number of carbonyl (C=O) groups is 2. The highest BCUT2D eigenvalue weighted by Gasteiger charge is 2.36. The average molecular weight is 546 g/mol. The van der Waals surface area contributed by atoms with Gasteiger partial charge >= 0.3 is 11.8 Å². The molecule has 3 aromatic rings. The molecule has 190 valence electrons. The summed E-state index contributed by atoms with van der Waals surface area (Å²) in [5.74, 6) is -1.51. The van der Waals surface area contributed by atoms with Gasteiger partial charge in [-0.3, -0.25) is 13.9 Å². The van der Waals surface area contributed by atoms with Crippen LogP contribution in [0, 0.1) is 0 Å². The lowest BCUT2D eigenvalue weighted by molar-refractivity contribution is -0.136. The molecule has 2 aliphatic heterocycles. The first kappa shape index (κ1) is 24.9. The van der Waals surface area contributed by atoms with Gasteiger partial charge in [0.1, 0.15) is 4.21 Å². The van der Waals surface area contributed by atoms with Crippen molar-refractivity contribution in [3.63, 3.8) is 0 Å². The molecular formula is C25H27N3O5S3. The first-order valence-electron chi connectivity index (χ1n) is 11.8. The van der Waals surface area contributed by atoms with Crippen molar-refractivity contribution < 1.29 is 22.7 Å². The van der Waals surface area contributed by atoms with E-state index in [0.717, 1.165) is 24.8 Å². The van der Waals surface area contributed by atoms with Crippen LogP contribution in [0.3, 0.4) is 0 Å². The summed E-state index contributed by atoms with van der Waals surface area (Å²) >= 11 is 2.82. The van der Waals surface area contributed by atoms with Gasteiger partial charge in [-0.05, 0) is 66.3 Å². The molecule has 5 rings (SSSR count). The van der Waals surface area contributed by atoms with E-state index in [1.807, 2.05) is 17.5 Å². The number of sulfonamides is 1. The van der Waals surface area contributed by atoms with Gasteiger partial charge in [0, 0.05) is 42.3 Å². The monoisotopic (exact) mass is 545 g/mol. The van der Waals surface area contributed by atoms with Crippen molar-refractivity contribution >= 4 is 55.9 Å². The highest BCUT2D eigenvalue weighted by atomic mass is 32.2. The van der Waals surface area contributed by atoms with Crippen LogP contribution in [0.4, 0.5) is 11.4 Å². The molecule has 11 heteroatoms. The molecule has 36 heavy (non-hydrogen) atoms. The van der Waals surface area contributed by atoms with Crippen LogP contribution >= 0.6 is 22.7 Å². The number of nitrogens with zero attached hydrogens (tertiary/aromatic N) is 1. The lowest BCUT2D eigenvalue weighted by Crippen LogP contribution is -2.46. The quantitative estimate of drug-likeness (QED) is 0.459. The van der Waals surface area contributed by atoms with Crippen LogP contribution in [0.15, 0.2) is 57.4 Å². The minimum atomic E-state index is -3.69. The number of ether oxygens (including phenoxy) is 1. The number of hydrogen-bond acceptors (Lipinski definition) is 7. The van der Waals surface area contributed by atoms with Crippen LogP contribution in [0.1, 0.15) is 29.7 Å². The zero-order valence-electron chi connectivity index (χ0n) is 19.6. The van der Waals surface area contributed by atoms with E-state index in [0.29, 0.717) is 44.1 Å². The number of anilines is 2. The molecule has 0 atom stereocenters. The van der Waals surface area contributed by atoms with Gasteiger partial charge in [0.25, 0.3) is 10.0 Å². The number of thiophene rings is 2. The van der Waals surface area contributed by atoms with Crippen molar-refractivity contribution in [2.24, 2.45) is 0 Å². The number of hydrogen-bond donors (Lipinski definition) is 2. The molecule has 0 aliphatic carbocycles. The summed E-state index contributed by atoms with van der Waals surface area (Å²) in [5, 5.41) is 9.20. The molecule has 2 amide bonds. The Hall–Kier alpha value is -2.73. The first-order valence-corrected chi connectivity index (χ1v) is 15.0. The van der Waals surface area contributed by atoms with Gasteiger partial charge in [0.05, 0.1) is 5.69 Å². The molecule has 0 saturated carbocycles. The topological polar surface area (TPSA) is 105 Å². The molecule has 2 N–H and O–H groups in total. The Kier molecular flexibility index (Phi) is 7.16. The number of aryl methyl sites for hydroxylation is 1. The van der Waals surface area contributed by atoms with E-state index in [4.69, 9.17) is 4.74 Å². The smallest absolute Gasteiger partial charge is 0.313 e. The molecule has 4 heterocycles. The third-order valence-electron chi connectivity index (χ3n) is 6.75. The third kappa shape index (κ3) is 4.93. The van der Waals surface area contributed by atoms with Gasteiger partial charge < -0.3 is 15.4 Å². The maximum Gasteiger partial charge on any atom is 0.313 e. The maximum absolute atomic E-state index is 13.2. The molecule has 0 unspecified atom stereocenters. The number of rotatable bonds is 6. The zero-order valence-corrected chi connectivity index (χ0v) is 22.0. The second-order valence-corrected chi connectivity index (χ2v) is 12.9. The van der Waals surface area contributed by atoms with E-state index in [1.165, 1.54) is 20.5 Å². The maximum atomic E-state index is 13.2. The summed E-state index contributed by atoms with van der Waals surface area (Å²) in [6, 6.07) is 12.5. The second-order valence-electron chi connectivity index (χ2n) is 8.96. The highest BCUT2D eigenvalue weighted by molar-refractivity contribution is 7.94. The van der Waals surface area contributed by atoms with Gasteiger partial charge in [-0.15, -0.1) is 22.7 Å². The lowest BCUT2D eigenvalue weighted by atomic mass is 9.78. The molecule has 0 spiro atoms. The van der Waals surface area contributed by atoms with Crippen LogP contribution in [-0.4, -0.2) is 46.5 Å². The first-order chi connectivity index (χ1) is 17.4. The Morgan fingerprint density at radius 3 is 2.53 bits per heavy atom. The molecule has 8 nitrogen and oxygen atoms in total. The van der Waals surface area contributed by atoms with Crippen molar-refractivity contribution in [1.82, 2.24) is 5.32 Å². The third-order valence-corrected chi connectivity index (χ3v) is 11.0. The Balaban J connectivity index is 1.29. The molecule has 0 radical (unpaired) electrons. The largest absolute Gasteiger partial charge is 0.381 e. The van der Waals surface area contributed by atoms with Crippen LogP contribution in [0.25, 0.3) is 0 Å². The Morgan fingerprint density at radius 1 is 1.03 bits per heavy atom. The van der Waals surface area contributed by atoms with Crippen LogP contribution in [-0.2, 0) is 36.2 Å². The summed E-state index contributed by atoms with van der Waals surface area (Å²) < 4.78 is 33.6. The average Bonchev–Trinajstić information content (AvgIpc) is 3.63. The fourth-order valence-electron chi connectivity index (χ4n) is 4.76. The molecule has 2 aromatic heterocycles. The number of carbonyl (C=O) groups excluding carboxylic acids is 2. The summed E-state index contributed by atoms with van der Waals surface area (Å²) in [6.07, 6.45) is 3.00. The molecule has 1 fully saturated rings. The minimum absolute atomic E-state index is 0.245. The SMILES string of the molecule is O=C(NCC1(c2cccs2)CCOCC1)C(=O)Nc1ccc2c(c1)N(S(=O)(=O)c1cccs1)CCC2. The van der Waals surface area contributed by atoms with Crippen molar-refractivity contribution in [2.75, 3.05) is 35.9 Å². The van der Waals surface area contributed by atoms with E-state index >= 15 is 0 Å². The number of fused-ring (bicyclic) bond motifs is 1. The summed E-state index contributed by atoms with van der Waals surface area (Å²) in [5.41, 5.74) is 1.55. The van der Waals surface area contributed by atoms with E-state index in [1.54, 1.807) is 41.0 Å². The fraction of sp³-hybridized carbons (Fsp3) is 0.360. The number of benzene rings is 1. The standard InChI is InChI=1S/C25H27N3O5S3/c29-23(26-17-25(9-12-33-13-10-25)21-5-2-14-34-21)24(30)27-19-8-7-18-4-1-11-28(20(18)16-19)36(31,32)22-6-3-15-35-22/h2-3,5-8,14-16H,1,4,9-13,17H2,(H,26,29)(H,27,30). The normalized spacial score (nSPS) is 17.3. The predicted molar refractivity (Wildman–Crippen MR) is 141 cm³/mol. The molecular weight excluding hydrogens is 518 g/mol. The Labute approximate surface area is 218 Å². The Morgan fingerprint density at radius 2 is 1.81 bits per heavy atom. The lowest BCUT2D eigenvalue weighted by Gasteiger charge is -2.36. The molecule has 1 saturated heterocycles. The van der Waals surface area contributed by atoms with Gasteiger partial charge in [-0.1, -0.05) is 18.2 Å². The van der Waals surface area contributed by atoms with Crippen LogP contribution in [0.2, 0.25) is 0 Å². The molecule has 0 bridgehead atoms. The van der Waals surface area contributed by atoms with Gasteiger partial charge in [0.2, 0.25) is 0 Å². The summed E-state index contributed by atoms with van der Waals surface area (Å²) in [7, 11) is -3.69. The van der Waals surface area contributed by atoms with E-state index in [9.17, 15) is 18.0 Å². The van der Waals surface area contributed by atoms with Crippen LogP contribution in [0.5, 0.6) is 0 Å². The second kappa shape index (κ2) is 10.3. The zero-order chi connectivity index (χ0) is 25.2. The van der Waals surface area contributed by atoms with E-state index in [-0.39, 0.29) is 9.62 Å². The van der Waals surface area contributed by atoms with Gasteiger partial charge in [0.15, 0.2) is 0 Å². The van der Waals surface area contributed by atoms with Crippen molar-refractivity contribution in [1.29, 1.82) is 0 Å². The van der Waals surface area contributed by atoms with Gasteiger partial charge in [-0.2, -0.15) is 0 Å². The van der Waals surface area contributed by atoms with E-state index in [2.05, 4.69) is 16.7 Å². The van der Waals surface area contributed by atoms with Gasteiger partial charge in [-0.25, -0.2) is 8.42 Å². The van der Waals surface area contributed by atoms with E-state index < -0.39 is 21.8 Å². The van der Waals surface area contributed by atoms with Crippen molar-refractivity contribution in [3.8, 4) is 0 Å². The van der Waals surface area contributed by atoms with Crippen LogP contribution < -0.4 is 14.9 Å². The number of nitrogens with one attached hydrogen (secondary N) is 2. The Bertz CT molecular complexity index is 1330. The fourth-order valence-corrected chi connectivity index (χ4v) is 8.38.